The Kier molecular flexibility index (Phi) is 3.28. The zero-order valence-electron chi connectivity index (χ0n) is 11.3. The molecule has 2 N–H and O–H groups in total. The number of thioether (sulfide) groups is 1. The molecule has 0 spiro atoms. The third kappa shape index (κ3) is 2.10. The summed E-state index contributed by atoms with van der Waals surface area (Å²) in [6.07, 6.45) is 2.06. The van der Waals surface area contributed by atoms with E-state index in [2.05, 4.69) is 23.4 Å². The first-order valence-corrected chi connectivity index (χ1v) is 7.42. The second kappa shape index (κ2) is 5.09. The van der Waals surface area contributed by atoms with Gasteiger partial charge in [0, 0.05) is 16.6 Å². The number of nitrogens with zero attached hydrogens (tertiary/aromatic N) is 2. The Hall–Kier alpha value is -2.14. The lowest BCUT2D eigenvalue weighted by Gasteiger charge is -2.08. The molecule has 0 saturated carbocycles. The number of rotatable bonds is 3. The van der Waals surface area contributed by atoms with Crippen LogP contribution in [0.5, 0.6) is 5.75 Å². The third-order valence-electron chi connectivity index (χ3n) is 3.22. The number of hydrogen-bond acceptors (Lipinski definition) is 4. The van der Waals surface area contributed by atoms with Gasteiger partial charge in [-0.3, -0.25) is 4.57 Å². The number of imidazole rings is 1. The molecule has 3 rings (SSSR count). The van der Waals surface area contributed by atoms with Gasteiger partial charge in [-0.1, -0.05) is 0 Å². The maximum Gasteiger partial charge on any atom is 0.205 e. The number of benzene rings is 2. The summed E-state index contributed by atoms with van der Waals surface area (Å²) in [5.74, 6) is 1.27. The lowest BCUT2D eigenvalue weighted by Crippen LogP contribution is -2.00. The maximum absolute atomic E-state index is 6.05. The van der Waals surface area contributed by atoms with Crippen molar-refractivity contribution in [2.24, 2.45) is 0 Å². The molecule has 2 aromatic carbocycles. The van der Waals surface area contributed by atoms with Crippen molar-refractivity contribution in [1.29, 1.82) is 0 Å². The SMILES string of the molecule is COc1ccc2nc(N)n(-c3ccc(SC)cc3)c2c1. The first-order chi connectivity index (χ1) is 9.72. The number of nitrogens with two attached hydrogens (primary N) is 1. The Balaban J connectivity index is 2.20. The lowest BCUT2D eigenvalue weighted by molar-refractivity contribution is 0.415. The van der Waals surface area contributed by atoms with E-state index in [9.17, 15) is 0 Å². The number of aromatic nitrogens is 2. The Morgan fingerprint density at radius 3 is 2.55 bits per heavy atom. The van der Waals surface area contributed by atoms with Gasteiger partial charge in [0.2, 0.25) is 5.95 Å². The van der Waals surface area contributed by atoms with Crippen LogP contribution in [0.1, 0.15) is 0 Å². The predicted octanol–water partition coefficient (Wildman–Crippen LogP) is 3.34. The Labute approximate surface area is 121 Å². The van der Waals surface area contributed by atoms with Crippen LogP contribution in [0.25, 0.3) is 16.7 Å². The van der Waals surface area contributed by atoms with Gasteiger partial charge in [-0.05, 0) is 42.7 Å². The van der Waals surface area contributed by atoms with E-state index in [1.54, 1.807) is 18.9 Å². The molecule has 5 heteroatoms. The average Bonchev–Trinajstić information content (AvgIpc) is 2.82. The lowest BCUT2D eigenvalue weighted by atomic mass is 10.2. The van der Waals surface area contributed by atoms with E-state index in [1.165, 1.54) is 4.90 Å². The highest BCUT2D eigenvalue weighted by Crippen LogP contribution is 2.27. The standard InChI is InChI=1S/C15H15N3OS/c1-19-11-5-8-13-14(9-11)18(15(16)17-13)10-3-6-12(20-2)7-4-10/h3-9H,1-2H3,(H2,16,17). The molecule has 20 heavy (non-hydrogen) atoms. The summed E-state index contributed by atoms with van der Waals surface area (Å²) in [6, 6.07) is 14.0. The molecule has 102 valence electrons. The monoisotopic (exact) mass is 285 g/mol. The summed E-state index contributed by atoms with van der Waals surface area (Å²) in [4.78, 5) is 5.60. The highest BCUT2D eigenvalue weighted by molar-refractivity contribution is 7.98. The van der Waals surface area contributed by atoms with Crippen molar-refractivity contribution in [2.45, 2.75) is 4.90 Å². The second-order valence-electron chi connectivity index (χ2n) is 4.36. The fourth-order valence-corrected chi connectivity index (χ4v) is 2.61. The average molecular weight is 285 g/mol. The van der Waals surface area contributed by atoms with E-state index in [4.69, 9.17) is 10.5 Å². The zero-order valence-corrected chi connectivity index (χ0v) is 12.1. The molecule has 1 heterocycles. The molecule has 0 aliphatic carbocycles. The second-order valence-corrected chi connectivity index (χ2v) is 5.24. The summed E-state index contributed by atoms with van der Waals surface area (Å²) in [6.45, 7) is 0. The summed E-state index contributed by atoms with van der Waals surface area (Å²) in [5, 5.41) is 0. The summed E-state index contributed by atoms with van der Waals surface area (Å²) in [5.41, 5.74) is 8.85. The van der Waals surface area contributed by atoms with Crippen LogP contribution in [-0.4, -0.2) is 22.9 Å². The molecule has 0 aliphatic heterocycles. The number of fused-ring (bicyclic) bond motifs is 1. The Morgan fingerprint density at radius 2 is 1.90 bits per heavy atom. The number of anilines is 1. The van der Waals surface area contributed by atoms with Gasteiger partial charge in [0.25, 0.3) is 0 Å². The predicted molar refractivity (Wildman–Crippen MR) is 83.8 cm³/mol. The first kappa shape index (κ1) is 12.9. The molecule has 0 aliphatic rings. The van der Waals surface area contributed by atoms with Crippen LogP contribution in [0, 0.1) is 0 Å². The maximum atomic E-state index is 6.05. The van der Waals surface area contributed by atoms with Gasteiger partial charge >= 0.3 is 0 Å². The van der Waals surface area contributed by atoms with E-state index in [1.807, 2.05) is 34.9 Å². The topological polar surface area (TPSA) is 53.1 Å². The van der Waals surface area contributed by atoms with E-state index in [0.29, 0.717) is 5.95 Å². The van der Waals surface area contributed by atoms with Crippen molar-refractivity contribution >= 4 is 28.7 Å². The minimum Gasteiger partial charge on any atom is -0.497 e. The fraction of sp³-hybridized carbons (Fsp3) is 0.133. The van der Waals surface area contributed by atoms with E-state index in [-0.39, 0.29) is 0 Å². The molecular weight excluding hydrogens is 270 g/mol. The summed E-state index contributed by atoms with van der Waals surface area (Å²) >= 11 is 1.71. The number of hydrogen-bond donors (Lipinski definition) is 1. The number of ether oxygens (including phenoxy) is 1. The molecule has 1 aromatic heterocycles. The van der Waals surface area contributed by atoms with Crippen molar-refractivity contribution in [3.8, 4) is 11.4 Å². The minimum absolute atomic E-state index is 0.477. The van der Waals surface area contributed by atoms with Gasteiger partial charge in [-0.2, -0.15) is 0 Å². The normalized spacial score (nSPS) is 10.9. The third-order valence-corrected chi connectivity index (χ3v) is 3.96. The van der Waals surface area contributed by atoms with Crippen molar-refractivity contribution in [3.05, 3.63) is 42.5 Å². The molecule has 0 amide bonds. The fourth-order valence-electron chi connectivity index (χ4n) is 2.20. The van der Waals surface area contributed by atoms with Crippen molar-refractivity contribution in [2.75, 3.05) is 19.1 Å². The van der Waals surface area contributed by atoms with Gasteiger partial charge < -0.3 is 10.5 Å². The summed E-state index contributed by atoms with van der Waals surface area (Å²) in [7, 11) is 1.65. The number of methoxy groups -OCH3 is 1. The molecular formula is C15H15N3OS. The van der Waals surface area contributed by atoms with E-state index < -0.39 is 0 Å². The zero-order chi connectivity index (χ0) is 14.1. The van der Waals surface area contributed by atoms with Crippen LogP contribution >= 0.6 is 11.8 Å². The smallest absolute Gasteiger partial charge is 0.205 e. The van der Waals surface area contributed by atoms with E-state index in [0.717, 1.165) is 22.5 Å². The summed E-state index contributed by atoms with van der Waals surface area (Å²) < 4.78 is 7.21. The van der Waals surface area contributed by atoms with Crippen LogP contribution < -0.4 is 10.5 Å². The van der Waals surface area contributed by atoms with Crippen LogP contribution in [0.3, 0.4) is 0 Å². The van der Waals surface area contributed by atoms with Crippen LogP contribution in [0.15, 0.2) is 47.4 Å². The molecule has 0 atom stereocenters. The van der Waals surface area contributed by atoms with Crippen molar-refractivity contribution < 1.29 is 4.74 Å². The first-order valence-electron chi connectivity index (χ1n) is 6.19. The van der Waals surface area contributed by atoms with Gasteiger partial charge in [0.05, 0.1) is 18.1 Å². The molecule has 0 radical (unpaired) electrons. The minimum atomic E-state index is 0.477. The molecule has 0 bridgehead atoms. The van der Waals surface area contributed by atoms with Crippen molar-refractivity contribution in [1.82, 2.24) is 9.55 Å². The Bertz CT molecular complexity index is 750. The van der Waals surface area contributed by atoms with Crippen molar-refractivity contribution in [3.63, 3.8) is 0 Å². The molecule has 0 saturated heterocycles. The molecule has 0 unspecified atom stereocenters. The van der Waals surface area contributed by atoms with Crippen LogP contribution in [0.4, 0.5) is 5.95 Å². The Morgan fingerprint density at radius 1 is 1.15 bits per heavy atom. The molecule has 0 fully saturated rings. The highest BCUT2D eigenvalue weighted by atomic mass is 32.2. The quantitative estimate of drug-likeness (QED) is 0.750. The van der Waals surface area contributed by atoms with Gasteiger partial charge in [0.15, 0.2) is 0 Å². The van der Waals surface area contributed by atoms with E-state index >= 15 is 0 Å². The van der Waals surface area contributed by atoms with Gasteiger partial charge in [0.1, 0.15) is 5.75 Å². The molecule has 3 aromatic rings. The van der Waals surface area contributed by atoms with Crippen LogP contribution in [0.2, 0.25) is 0 Å². The van der Waals surface area contributed by atoms with Gasteiger partial charge in [-0.25, -0.2) is 4.98 Å². The van der Waals surface area contributed by atoms with Gasteiger partial charge in [-0.15, -0.1) is 11.8 Å². The van der Waals surface area contributed by atoms with Crippen LogP contribution in [-0.2, 0) is 0 Å². The highest BCUT2D eigenvalue weighted by Gasteiger charge is 2.10. The largest absolute Gasteiger partial charge is 0.497 e. The number of nitrogen functional groups attached to an aromatic ring is 1. The molecule has 4 nitrogen and oxygen atoms in total.